The van der Waals surface area contributed by atoms with Crippen molar-refractivity contribution < 1.29 is 24.1 Å². The summed E-state index contributed by atoms with van der Waals surface area (Å²) in [6.45, 7) is 9.34. The quantitative estimate of drug-likeness (QED) is 0.342. The van der Waals surface area contributed by atoms with Crippen LogP contribution in [0.3, 0.4) is 0 Å². The fourth-order valence-corrected chi connectivity index (χ4v) is 2.60. The molecule has 0 rings (SSSR count). The number of aliphatic hydroxyl groups excluding tert-OH is 1. The van der Waals surface area contributed by atoms with E-state index in [2.05, 4.69) is 13.8 Å². The molecule has 0 aromatic carbocycles. The Balaban J connectivity index is 3.07. The lowest BCUT2D eigenvalue weighted by atomic mass is 9.94. The lowest BCUT2D eigenvalue weighted by Crippen LogP contribution is -2.12. The van der Waals surface area contributed by atoms with Crippen LogP contribution in [0.5, 0.6) is 0 Å². The lowest BCUT2D eigenvalue weighted by Gasteiger charge is -2.13. The molecule has 0 heterocycles. The van der Waals surface area contributed by atoms with Crippen molar-refractivity contribution in [1.82, 2.24) is 0 Å². The molecule has 0 aromatic heterocycles. The van der Waals surface area contributed by atoms with Gasteiger partial charge >= 0.3 is 0 Å². The number of hydrogen-bond donors (Lipinski definition) is 1. The first kappa shape index (κ1) is 23.8. The zero-order valence-corrected chi connectivity index (χ0v) is 16.0. The average Bonchev–Trinajstić information content (AvgIpc) is 2.60. The van der Waals surface area contributed by atoms with E-state index in [9.17, 15) is 0 Å². The van der Waals surface area contributed by atoms with Crippen molar-refractivity contribution in [3.05, 3.63) is 0 Å². The summed E-state index contributed by atoms with van der Waals surface area (Å²) in [6.07, 6.45) is 9.14. The van der Waals surface area contributed by atoms with Gasteiger partial charge in [-0.1, -0.05) is 52.4 Å². The first-order chi connectivity index (χ1) is 11.8. The van der Waals surface area contributed by atoms with Gasteiger partial charge in [-0.15, -0.1) is 0 Å². The van der Waals surface area contributed by atoms with Crippen LogP contribution in [0.15, 0.2) is 0 Å². The minimum atomic E-state index is 0.0568. The van der Waals surface area contributed by atoms with Gasteiger partial charge in [0.1, 0.15) is 0 Å². The average molecular weight is 349 g/mol. The molecule has 0 amide bonds. The highest BCUT2D eigenvalue weighted by Gasteiger charge is 2.04. The molecule has 1 unspecified atom stereocenters. The maximum Gasteiger partial charge on any atom is 0.0701 e. The van der Waals surface area contributed by atoms with Crippen molar-refractivity contribution in [2.24, 2.45) is 5.92 Å². The Kier molecular flexibility index (Phi) is 20.7. The van der Waals surface area contributed by atoms with E-state index >= 15 is 0 Å². The topological polar surface area (TPSA) is 57.2 Å². The molecule has 0 radical (unpaired) electrons. The summed E-state index contributed by atoms with van der Waals surface area (Å²) in [6, 6.07) is 0. The van der Waals surface area contributed by atoms with E-state index in [1.165, 1.54) is 38.5 Å². The summed E-state index contributed by atoms with van der Waals surface area (Å²) in [5, 5.41) is 8.52. The number of hydrogen-bond acceptors (Lipinski definition) is 5. The van der Waals surface area contributed by atoms with Gasteiger partial charge < -0.3 is 24.1 Å². The third-order valence-electron chi connectivity index (χ3n) is 4.03. The third kappa shape index (κ3) is 18.1. The van der Waals surface area contributed by atoms with Crippen LogP contribution in [-0.2, 0) is 18.9 Å². The fraction of sp³-hybridized carbons (Fsp3) is 1.00. The van der Waals surface area contributed by atoms with Crippen LogP contribution in [0, 0.1) is 5.92 Å². The van der Waals surface area contributed by atoms with E-state index in [1.54, 1.807) is 0 Å². The summed E-state index contributed by atoms with van der Waals surface area (Å²) in [5.41, 5.74) is 0. The van der Waals surface area contributed by atoms with Gasteiger partial charge in [-0.2, -0.15) is 0 Å². The Morgan fingerprint density at radius 1 is 0.625 bits per heavy atom. The molecule has 0 spiro atoms. The lowest BCUT2D eigenvalue weighted by molar-refractivity contribution is -0.00578. The van der Waals surface area contributed by atoms with Gasteiger partial charge in [0.2, 0.25) is 0 Å². The molecular formula is C19H40O5. The van der Waals surface area contributed by atoms with E-state index in [0.29, 0.717) is 46.2 Å². The smallest absolute Gasteiger partial charge is 0.0701 e. The predicted octanol–water partition coefficient (Wildman–Crippen LogP) is 3.43. The van der Waals surface area contributed by atoms with Crippen molar-refractivity contribution in [3.63, 3.8) is 0 Å². The number of aliphatic hydroxyl groups is 1. The minimum absolute atomic E-state index is 0.0568. The normalized spacial score (nSPS) is 12.6. The van der Waals surface area contributed by atoms with E-state index < -0.39 is 0 Å². The molecule has 24 heavy (non-hydrogen) atoms. The highest BCUT2D eigenvalue weighted by molar-refractivity contribution is 4.57. The second kappa shape index (κ2) is 20.8. The molecule has 1 atom stereocenters. The molecule has 0 saturated carbocycles. The molecule has 146 valence electrons. The first-order valence-electron chi connectivity index (χ1n) is 9.76. The van der Waals surface area contributed by atoms with Gasteiger partial charge in [-0.05, 0) is 12.3 Å². The molecule has 0 fully saturated rings. The second-order valence-electron chi connectivity index (χ2n) is 6.09. The predicted molar refractivity (Wildman–Crippen MR) is 97.5 cm³/mol. The van der Waals surface area contributed by atoms with Gasteiger partial charge in [0.15, 0.2) is 0 Å². The van der Waals surface area contributed by atoms with Gasteiger partial charge in [-0.3, -0.25) is 0 Å². The second-order valence-corrected chi connectivity index (χ2v) is 6.09. The van der Waals surface area contributed by atoms with Gasteiger partial charge in [0.05, 0.1) is 52.9 Å². The zero-order chi connectivity index (χ0) is 17.7. The Bertz CT molecular complexity index is 226. The zero-order valence-electron chi connectivity index (χ0n) is 16.0. The summed E-state index contributed by atoms with van der Waals surface area (Å²) >= 11 is 0. The SMILES string of the molecule is CCCC(CC)CCCCCOCCOCCOCCOCCO. The first-order valence-corrected chi connectivity index (χ1v) is 9.76. The fourth-order valence-electron chi connectivity index (χ4n) is 2.60. The standard InChI is InChI=1S/C19H40O5/c1-3-8-19(4-2)9-6-5-7-11-21-13-15-23-17-18-24-16-14-22-12-10-20/h19-20H,3-18H2,1-2H3. The van der Waals surface area contributed by atoms with Crippen molar-refractivity contribution in [2.75, 3.05) is 59.5 Å². The largest absolute Gasteiger partial charge is 0.394 e. The van der Waals surface area contributed by atoms with Crippen molar-refractivity contribution in [2.45, 2.75) is 58.8 Å². The molecule has 0 aliphatic heterocycles. The summed E-state index contributed by atoms with van der Waals surface area (Å²) in [4.78, 5) is 0. The molecular weight excluding hydrogens is 308 g/mol. The Morgan fingerprint density at radius 2 is 1.17 bits per heavy atom. The van der Waals surface area contributed by atoms with Crippen molar-refractivity contribution in [1.29, 1.82) is 0 Å². The Morgan fingerprint density at radius 3 is 1.67 bits per heavy atom. The summed E-state index contributed by atoms with van der Waals surface area (Å²) in [5.74, 6) is 0.924. The van der Waals surface area contributed by atoms with E-state index in [-0.39, 0.29) is 6.61 Å². The number of ether oxygens (including phenoxy) is 4. The minimum Gasteiger partial charge on any atom is -0.394 e. The van der Waals surface area contributed by atoms with Gasteiger partial charge in [0.25, 0.3) is 0 Å². The molecule has 0 aliphatic carbocycles. The molecule has 0 aliphatic rings. The molecule has 0 bridgehead atoms. The van der Waals surface area contributed by atoms with E-state index in [1.807, 2.05) is 0 Å². The van der Waals surface area contributed by atoms with Crippen LogP contribution < -0.4 is 0 Å². The molecule has 1 N–H and O–H groups in total. The van der Waals surface area contributed by atoms with Crippen LogP contribution in [0.25, 0.3) is 0 Å². The van der Waals surface area contributed by atoms with Crippen LogP contribution in [0.2, 0.25) is 0 Å². The Labute approximate surface area is 149 Å². The van der Waals surface area contributed by atoms with Gasteiger partial charge in [-0.25, -0.2) is 0 Å². The maximum absolute atomic E-state index is 8.52. The molecule has 0 aromatic rings. The number of unbranched alkanes of at least 4 members (excludes halogenated alkanes) is 2. The maximum atomic E-state index is 8.52. The van der Waals surface area contributed by atoms with Crippen molar-refractivity contribution in [3.8, 4) is 0 Å². The highest BCUT2D eigenvalue weighted by atomic mass is 16.6. The van der Waals surface area contributed by atoms with E-state index in [0.717, 1.165) is 18.9 Å². The number of rotatable bonds is 20. The van der Waals surface area contributed by atoms with Crippen LogP contribution in [0.4, 0.5) is 0 Å². The summed E-state index contributed by atoms with van der Waals surface area (Å²) < 4.78 is 21.4. The third-order valence-corrected chi connectivity index (χ3v) is 4.03. The monoisotopic (exact) mass is 348 g/mol. The molecule has 5 nitrogen and oxygen atoms in total. The van der Waals surface area contributed by atoms with Gasteiger partial charge in [0, 0.05) is 6.61 Å². The van der Waals surface area contributed by atoms with Crippen LogP contribution in [0.1, 0.15) is 58.8 Å². The Hall–Kier alpha value is -0.200. The molecule has 0 saturated heterocycles. The molecule has 5 heteroatoms. The van der Waals surface area contributed by atoms with Crippen LogP contribution in [-0.4, -0.2) is 64.6 Å². The van der Waals surface area contributed by atoms with Crippen LogP contribution >= 0.6 is 0 Å². The van der Waals surface area contributed by atoms with Crippen molar-refractivity contribution >= 4 is 0 Å². The highest BCUT2D eigenvalue weighted by Crippen LogP contribution is 2.18. The summed E-state index contributed by atoms with van der Waals surface area (Å²) in [7, 11) is 0. The van der Waals surface area contributed by atoms with E-state index in [4.69, 9.17) is 24.1 Å².